The van der Waals surface area contributed by atoms with E-state index in [2.05, 4.69) is 15.2 Å². The molecule has 2 heterocycles. The number of aromatic nitrogens is 4. The molecule has 0 unspecified atom stereocenters. The predicted molar refractivity (Wildman–Crippen MR) is 57.8 cm³/mol. The van der Waals surface area contributed by atoms with Gasteiger partial charge in [0, 0.05) is 17.7 Å². The molecule has 0 radical (unpaired) electrons. The van der Waals surface area contributed by atoms with Gasteiger partial charge in [0.1, 0.15) is 5.82 Å². The second-order valence-corrected chi connectivity index (χ2v) is 3.54. The van der Waals surface area contributed by atoms with Crippen molar-refractivity contribution >= 4 is 5.97 Å². The van der Waals surface area contributed by atoms with Gasteiger partial charge in [0.25, 0.3) is 0 Å². The van der Waals surface area contributed by atoms with Crippen molar-refractivity contribution in [2.75, 3.05) is 0 Å². The van der Waals surface area contributed by atoms with Crippen LogP contribution in [0.5, 0.6) is 0 Å². The van der Waals surface area contributed by atoms with Crippen LogP contribution in [0.3, 0.4) is 0 Å². The molecule has 0 atom stereocenters. The van der Waals surface area contributed by atoms with Gasteiger partial charge < -0.3 is 17.5 Å². The van der Waals surface area contributed by atoms with E-state index in [9.17, 15) is 4.79 Å². The van der Waals surface area contributed by atoms with Crippen LogP contribution >= 0.6 is 0 Å². The normalized spacial score (nSPS) is 9.61. The number of aliphatic carboxylic acids is 1. The maximum absolute atomic E-state index is 10.5. The second-order valence-electron chi connectivity index (χ2n) is 3.54. The highest BCUT2D eigenvalue weighted by atomic mass is 35.5. The maximum atomic E-state index is 10.5. The number of carbonyl (C=O) groups is 1. The van der Waals surface area contributed by atoms with Gasteiger partial charge in [-0.2, -0.15) is 9.67 Å². The molecule has 0 fully saturated rings. The van der Waals surface area contributed by atoms with Crippen molar-refractivity contribution in [3.05, 3.63) is 36.5 Å². The fourth-order valence-electron chi connectivity index (χ4n) is 1.42. The maximum Gasteiger partial charge on any atom is 0.370 e. The topological polar surface area (TPSA) is 79.9 Å². The molecule has 94 valence electrons. The van der Waals surface area contributed by atoms with E-state index >= 15 is 0 Å². The SMILES string of the molecule is Cc1nncc(-c2cc[n+](CC(=O)O)cc2)n1.[Cl-]. The van der Waals surface area contributed by atoms with Gasteiger partial charge in [0.15, 0.2) is 12.4 Å². The first kappa shape index (κ1) is 14.0. The minimum Gasteiger partial charge on any atom is -1.00 e. The lowest BCUT2D eigenvalue weighted by molar-refractivity contribution is -0.685. The van der Waals surface area contributed by atoms with E-state index < -0.39 is 5.97 Å². The third-order valence-corrected chi connectivity index (χ3v) is 2.17. The zero-order chi connectivity index (χ0) is 12.3. The van der Waals surface area contributed by atoms with Crippen LogP contribution in [0.1, 0.15) is 5.82 Å². The number of hydrogen-bond acceptors (Lipinski definition) is 4. The molecule has 0 aromatic carbocycles. The molecule has 2 rings (SSSR count). The standard InChI is InChI=1S/C11H10N4O2.ClH/c1-8-13-10(6-12-14-8)9-2-4-15(5-3-9)7-11(16)17;/h2-6H,7H2,1H3;1H. The molecule has 2 aromatic rings. The Balaban J connectivity index is 0.00000162. The van der Waals surface area contributed by atoms with Gasteiger partial charge in [0.05, 0.1) is 11.9 Å². The summed E-state index contributed by atoms with van der Waals surface area (Å²) in [7, 11) is 0. The van der Waals surface area contributed by atoms with Crippen LogP contribution in [-0.4, -0.2) is 26.3 Å². The first-order chi connectivity index (χ1) is 8.15. The van der Waals surface area contributed by atoms with Gasteiger partial charge in [-0.25, -0.2) is 9.78 Å². The number of rotatable bonds is 3. The summed E-state index contributed by atoms with van der Waals surface area (Å²) in [6, 6.07) is 3.60. The third-order valence-electron chi connectivity index (χ3n) is 2.17. The second kappa shape index (κ2) is 6.02. The monoisotopic (exact) mass is 266 g/mol. The van der Waals surface area contributed by atoms with E-state index in [0.29, 0.717) is 5.82 Å². The minimum atomic E-state index is -0.873. The molecule has 0 bridgehead atoms. The van der Waals surface area contributed by atoms with Crippen molar-refractivity contribution in [2.24, 2.45) is 0 Å². The molecule has 0 aliphatic carbocycles. The summed E-state index contributed by atoms with van der Waals surface area (Å²) in [5, 5.41) is 16.2. The van der Waals surface area contributed by atoms with Crippen LogP contribution in [-0.2, 0) is 11.3 Å². The molecule has 0 spiro atoms. The molecule has 18 heavy (non-hydrogen) atoms. The van der Waals surface area contributed by atoms with E-state index in [4.69, 9.17) is 5.11 Å². The largest absolute Gasteiger partial charge is 1.00 e. The Kier molecular flexibility index (Phi) is 4.67. The lowest BCUT2D eigenvalue weighted by Gasteiger charge is -1.99. The smallest absolute Gasteiger partial charge is 0.370 e. The molecule has 1 N–H and O–H groups in total. The van der Waals surface area contributed by atoms with Crippen molar-refractivity contribution in [1.29, 1.82) is 0 Å². The molecule has 2 aromatic heterocycles. The van der Waals surface area contributed by atoms with E-state index in [1.165, 1.54) is 0 Å². The molecule has 0 saturated carbocycles. The average Bonchev–Trinajstić information content (AvgIpc) is 2.29. The van der Waals surface area contributed by atoms with Crippen molar-refractivity contribution in [3.8, 4) is 11.3 Å². The van der Waals surface area contributed by atoms with E-state index in [1.807, 2.05) is 0 Å². The fraction of sp³-hybridized carbons (Fsp3) is 0.182. The predicted octanol–water partition coefficient (Wildman–Crippen LogP) is -2.78. The highest BCUT2D eigenvalue weighted by Gasteiger charge is 2.08. The van der Waals surface area contributed by atoms with E-state index in [0.717, 1.165) is 11.3 Å². The van der Waals surface area contributed by atoms with Crippen molar-refractivity contribution in [2.45, 2.75) is 13.5 Å². The summed E-state index contributed by atoms with van der Waals surface area (Å²) in [5.41, 5.74) is 1.60. The molecular weight excluding hydrogens is 256 g/mol. The zero-order valence-electron chi connectivity index (χ0n) is 9.62. The molecule has 6 nitrogen and oxygen atoms in total. The first-order valence-electron chi connectivity index (χ1n) is 5.03. The first-order valence-corrected chi connectivity index (χ1v) is 5.03. The van der Waals surface area contributed by atoms with Crippen LogP contribution in [0, 0.1) is 6.92 Å². The minimum absolute atomic E-state index is 0. The summed E-state index contributed by atoms with van der Waals surface area (Å²) in [4.78, 5) is 14.8. The van der Waals surface area contributed by atoms with Gasteiger partial charge in [-0.3, -0.25) is 0 Å². The van der Waals surface area contributed by atoms with Crippen molar-refractivity contribution < 1.29 is 26.9 Å². The van der Waals surface area contributed by atoms with Crippen LogP contribution in [0.25, 0.3) is 11.3 Å². The molecule has 7 heteroatoms. The Morgan fingerprint density at radius 1 is 1.39 bits per heavy atom. The van der Waals surface area contributed by atoms with Crippen molar-refractivity contribution in [1.82, 2.24) is 15.2 Å². The number of aryl methyl sites for hydroxylation is 1. The number of hydrogen-bond donors (Lipinski definition) is 1. The quantitative estimate of drug-likeness (QED) is 0.608. The molecule has 0 saturated heterocycles. The molecule has 0 aliphatic rings. The zero-order valence-corrected chi connectivity index (χ0v) is 10.4. The lowest BCUT2D eigenvalue weighted by atomic mass is 10.2. The van der Waals surface area contributed by atoms with Crippen LogP contribution < -0.4 is 17.0 Å². The van der Waals surface area contributed by atoms with Crippen LogP contribution in [0.4, 0.5) is 0 Å². The van der Waals surface area contributed by atoms with Gasteiger partial charge in [-0.15, -0.1) is 5.10 Å². The fourth-order valence-corrected chi connectivity index (χ4v) is 1.42. The average molecular weight is 267 g/mol. The molecule has 0 amide bonds. The van der Waals surface area contributed by atoms with E-state index in [-0.39, 0.29) is 19.0 Å². The highest BCUT2D eigenvalue weighted by molar-refractivity contribution is 5.64. The number of carboxylic acids is 1. The highest BCUT2D eigenvalue weighted by Crippen LogP contribution is 2.12. The van der Waals surface area contributed by atoms with Crippen molar-refractivity contribution in [3.63, 3.8) is 0 Å². The number of pyridine rings is 1. The summed E-state index contributed by atoms with van der Waals surface area (Å²) in [6.07, 6.45) is 4.96. The summed E-state index contributed by atoms with van der Waals surface area (Å²) < 4.78 is 1.58. The molecule has 0 aliphatic heterocycles. The lowest BCUT2D eigenvalue weighted by Crippen LogP contribution is -3.00. The summed E-state index contributed by atoms with van der Waals surface area (Å²) in [6.45, 7) is 1.71. The number of carboxylic acid groups (broad SMARTS) is 1. The summed E-state index contributed by atoms with van der Waals surface area (Å²) >= 11 is 0. The van der Waals surface area contributed by atoms with Gasteiger partial charge >= 0.3 is 5.97 Å². The Hall–Kier alpha value is -2.08. The van der Waals surface area contributed by atoms with Crippen LogP contribution in [0.2, 0.25) is 0 Å². The van der Waals surface area contributed by atoms with Crippen LogP contribution in [0.15, 0.2) is 30.7 Å². The third kappa shape index (κ3) is 3.46. The Labute approximate surface area is 110 Å². The molecular formula is C11H11ClN4O2. The number of nitrogens with zero attached hydrogens (tertiary/aromatic N) is 4. The summed E-state index contributed by atoms with van der Waals surface area (Å²) in [5.74, 6) is -0.271. The van der Waals surface area contributed by atoms with E-state index in [1.54, 1.807) is 42.2 Å². The Bertz CT molecular complexity index is 545. The van der Waals surface area contributed by atoms with Gasteiger partial charge in [-0.1, -0.05) is 0 Å². The number of halogens is 1. The Morgan fingerprint density at radius 3 is 2.61 bits per heavy atom. The van der Waals surface area contributed by atoms with Gasteiger partial charge in [-0.05, 0) is 6.92 Å². The van der Waals surface area contributed by atoms with Gasteiger partial charge in [0.2, 0.25) is 6.54 Å². The Morgan fingerprint density at radius 2 is 2.06 bits per heavy atom.